The summed E-state index contributed by atoms with van der Waals surface area (Å²) in [6.07, 6.45) is 2.93. The Labute approximate surface area is 240 Å². The summed E-state index contributed by atoms with van der Waals surface area (Å²) in [6.45, 7) is -0.0500. The van der Waals surface area contributed by atoms with Gasteiger partial charge in [-0.05, 0) is 47.9 Å². The van der Waals surface area contributed by atoms with E-state index in [1.807, 2.05) is 60.7 Å². The van der Waals surface area contributed by atoms with Gasteiger partial charge in [0, 0.05) is 31.0 Å². The molecule has 3 aromatic carbocycles. The van der Waals surface area contributed by atoms with Crippen LogP contribution in [0.25, 0.3) is 10.9 Å². The van der Waals surface area contributed by atoms with Crippen LogP contribution in [0, 0.1) is 0 Å². The molecular formula is C30H28N8O4. The van der Waals surface area contributed by atoms with Crippen LogP contribution >= 0.6 is 0 Å². The quantitative estimate of drug-likeness (QED) is 0.226. The van der Waals surface area contributed by atoms with Crippen molar-refractivity contribution >= 4 is 40.0 Å². The Morgan fingerprint density at radius 3 is 2.76 bits per heavy atom. The third kappa shape index (κ3) is 5.82. The fraction of sp³-hybridized carbons (Fsp3) is 0.200. The maximum Gasteiger partial charge on any atom is 0.291 e. The molecule has 1 aliphatic heterocycles. The number of nitrogens with zero attached hydrogens (tertiary/aromatic N) is 4. The summed E-state index contributed by atoms with van der Waals surface area (Å²) in [5.74, 6) is -0.0584. The number of amides is 3. The maximum absolute atomic E-state index is 13.3. The average molecular weight is 565 g/mol. The summed E-state index contributed by atoms with van der Waals surface area (Å²) in [7, 11) is 1.63. The highest BCUT2D eigenvalue weighted by Gasteiger charge is 2.31. The van der Waals surface area contributed by atoms with Crippen LogP contribution in [-0.2, 0) is 22.4 Å². The number of anilines is 2. The number of nitrogens with one attached hydrogen (secondary N) is 4. The van der Waals surface area contributed by atoms with E-state index in [2.05, 4.69) is 36.0 Å². The average Bonchev–Trinajstić information content (AvgIpc) is 3.65. The fourth-order valence-electron chi connectivity index (χ4n) is 4.79. The number of likely N-dealkylation sites (N-methyl/N-ethyl adjacent to an activating group) is 1. The summed E-state index contributed by atoms with van der Waals surface area (Å²) < 4.78 is 5.90. The third-order valence-electron chi connectivity index (χ3n) is 7.04. The minimum atomic E-state index is -0.938. The van der Waals surface area contributed by atoms with Gasteiger partial charge in [-0.3, -0.25) is 24.6 Å². The van der Waals surface area contributed by atoms with Crippen molar-refractivity contribution in [3.8, 4) is 5.75 Å². The molecule has 6 rings (SSSR count). The minimum absolute atomic E-state index is 0.0500. The molecule has 1 aliphatic rings. The molecule has 3 heterocycles. The van der Waals surface area contributed by atoms with Crippen LogP contribution in [0.2, 0.25) is 0 Å². The first-order chi connectivity index (χ1) is 20.4. The Balaban J connectivity index is 1.06. The minimum Gasteiger partial charge on any atom is -0.489 e. The lowest BCUT2D eigenvalue weighted by Crippen LogP contribution is -2.49. The summed E-state index contributed by atoms with van der Waals surface area (Å²) in [5.41, 5.74) is 3.98. The van der Waals surface area contributed by atoms with Crippen LogP contribution in [0.1, 0.15) is 34.0 Å². The van der Waals surface area contributed by atoms with E-state index in [0.717, 1.165) is 22.0 Å². The summed E-state index contributed by atoms with van der Waals surface area (Å²) in [4.78, 5) is 44.5. The highest BCUT2D eigenvalue weighted by Crippen LogP contribution is 2.32. The van der Waals surface area contributed by atoms with E-state index in [1.54, 1.807) is 19.3 Å². The lowest BCUT2D eigenvalue weighted by molar-refractivity contribution is -0.120. The van der Waals surface area contributed by atoms with Gasteiger partial charge in [0.15, 0.2) is 0 Å². The van der Waals surface area contributed by atoms with Crippen molar-refractivity contribution in [1.29, 1.82) is 0 Å². The van der Waals surface area contributed by atoms with Crippen LogP contribution in [0.5, 0.6) is 5.75 Å². The lowest BCUT2D eigenvalue weighted by atomic mass is 10.1. The second-order valence-corrected chi connectivity index (χ2v) is 10.0. The fourth-order valence-corrected chi connectivity index (χ4v) is 4.79. The topological polar surface area (TPSA) is 158 Å². The second-order valence-electron chi connectivity index (χ2n) is 10.0. The second kappa shape index (κ2) is 11.5. The molecule has 0 saturated heterocycles. The molecule has 0 unspecified atom stereocenters. The van der Waals surface area contributed by atoms with Gasteiger partial charge in [-0.2, -0.15) is 5.10 Å². The SMILES string of the molecule is CN1C(=O)[C@@H](NC(=O)c2n[nH]c(Cc3ccccc3)n2)COc2ccc(CCC(=O)Nc3ccc4cn[nH]c4c3)cc21. The number of hydrogen-bond donors (Lipinski definition) is 4. The smallest absolute Gasteiger partial charge is 0.291 e. The molecule has 12 nitrogen and oxygen atoms in total. The molecular weight excluding hydrogens is 536 g/mol. The Morgan fingerprint density at radius 1 is 1.05 bits per heavy atom. The monoisotopic (exact) mass is 564 g/mol. The molecule has 4 N–H and O–H groups in total. The molecule has 42 heavy (non-hydrogen) atoms. The van der Waals surface area contributed by atoms with Gasteiger partial charge in [0.25, 0.3) is 11.8 Å². The molecule has 0 radical (unpaired) electrons. The maximum atomic E-state index is 13.3. The number of aryl methyl sites for hydroxylation is 1. The highest BCUT2D eigenvalue weighted by atomic mass is 16.5. The molecule has 0 aliphatic carbocycles. The zero-order valence-electron chi connectivity index (χ0n) is 22.8. The number of aromatic nitrogens is 5. The van der Waals surface area contributed by atoms with E-state index in [1.165, 1.54) is 4.90 Å². The number of carbonyl (C=O) groups is 3. The Hall–Kier alpha value is -5.52. The number of hydrogen-bond acceptors (Lipinski definition) is 7. The van der Waals surface area contributed by atoms with Gasteiger partial charge in [-0.25, -0.2) is 4.98 Å². The molecule has 12 heteroatoms. The van der Waals surface area contributed by atoms with Crippen molar-refractivity contribution in [1.82, 2.24) is 30.7 Å². The molecule has 0 bridgehead atoms. The van der Waals surface area contributed by atoms with E-state index in [0.29, 0.717) is 35.8 Å². The number of aromatic amines is 2. The van der Waals surface area contributed by atoms with Crippen LogP contribution in [0.15, 0.2) is 72.9 Å². The lowest BCUT2D eigenvalue weighted by Gasteiger charge is -2.20. The molecule has 2 aromatic heterocycles. The van der Waals surface area contributed by atoms with Gasteiger partial charge < -0.3 is 20.3 Å². The molecule has 212 valence electrons. The van der Waals surface area contributed by atoms with Gasteiger partial charge >= 0.3 is 0 Å². The van der Waals surface area contributed by atoms with E-state index < -0.39 is 11.9 Å². The summed E-state index contributed by atoms with van der Waals surface area (Å²) >= 11 is 0. The zero-order valence-corrected chi connectivity index (χ0v) is 22.8. The van der Waals surface area contributed by atoms with Crippen molar-refractivity contribution < 1.29 is 19.1 Å². The van der Waals surface area contributed by atoms with Gasteiger partial charge in [0.1, 0.15) is 24.2 Å². The van der Waals surface area contributed by atoms with Crippen molar-refractivity contribution in [3.05, 3.63) is 95.7 Å². The molecule has 3 amide bonds. The van der Waals surface area contributed by atoms with Crippen LogP contribution in [0.3, 0.4) is 0 Å². The van der Waals surface area contributed by atoms with Crippen LogP contribution < -0.4 is 20.3 Å². The predicted octanol–water partition coefficient (Wildman–Crippen LogP) is 3.00. The van der Waals surface area contributed by atoms with Crippen LogP contribution in [0.4, 0.5) is 11.4 Å². The molecule has 0 saturated carbocycles. The molecule has 0 spiro atoms. The standard InChI is InChI=1S/C30H28N8O4/c1-38-24-13-19(8-12-27(39)32-21-10-9-20-16-31-35-22(20)15-21)7-11-25(24)42-17-23(30(38)41)33-29(40)28-34-26(36-37-28)14-18-5-3-2-4-6-18/h2-7,9-11,13,15-16,23H,8,12,14,17H2,1H3,(H,31,35)(H,32,39)(H,33,40)(H,34,36,37)/t23-/m0/s1. The van der Waals surface area contributed by atoms with E-state index >= 15 is 0 Å². The number of rotatable bonds is 8. The molecule has 0 fully saturated rings. The predicted molar refractivity (Wildman–Crippen MR) is 155 cm³/mol. The van der Waals surface area contributed by atoms with Crippen LogP contribution in [-0.4, -0.2) is 62.8 Å². The molecule has 1 atom stereocenters. The zero-order chi connectivity index (χ0) is 29.1. The Morgan fingerprint density at radius 2 is 1.90 bits per heavy atom. The van der Waals surface area contributed by atoms with Gasteiger partial charge in [0.2, 0.25) is 11.7 Å². The Kier molecular flexibility index (Phi) is 7.33. The largest absolute Gasteiger partial charge is 0.489 e. The normalized spacial score (nSPS) is 14.6. The summed E-state index contributed by atoms with van der Waals surface area (Å²) in [6, 6.07) is 19.8. The number of carbonyl (C=O) groups excluding carboxylic acids is 3. The van der Waals surface area contributed by atoms with E-state index in [-0.39, 0.29) is 30.7 Å². The first-order valence-electron chi connectivity index (χ1n) is 13.5. The number of benzene rings is 3. The molecule has 5 aromatic rings. The highest BCUT2D eigenvalue weighted by molar-refractivity contribution is 6.02. The van der Waals surface area contributed by atoms with Crippen molar-refractivity contribution in [2.24, 2.45) is 0 Å². The van der Waals surface area contributed by atoms with Crippen molar-refractivity contribution in [3.63, 3.8) is 0 Å². The Bertz CT molecular complexity index is 1760. The first-order valence-corrected chi connectivity index (χ1v) is 13.5. The van der Waals surface area contributed by atoms with E-state index in [9.17, 15) is 14.4 Å². The van der Waals surface area contributed by atoms with E-state index in [4.69, 9.17) is 4.74 Å². The number of ether oxygens (including phenoxy) is 1. The van der Waals surface area contributed by atoms with Crippen molar-refractivity contribution in [2.45, 2.75) is 25.3 Å². The van der Waals surface area contributed by atoms with Crippen molar-refractivity contribution in [2.75, 3.05) is 23.9 Å². The first kappa shape index (κ1) is 26.7. The van der Waals surface area contributed by atoms with Gasteiger partial charge in [-0.15, -0.1) is 5.10 Å². The number of fused-ring (bicyclic) bond motifs is 2. The summed E-state index contributed by atoms with van der Waals surface area (Å²) in [5, 5.41) is 20.2. The third-order valence-corrected chi connectivity index (χ3v) is 7.04. The van der Waals surface area contributed by atoms with Gasteiger partial charge in [0.05, 0.1) is 17.4 Å². The van der Waals surface area contributed by atoms with Gasteiger partial charge in [-0.1, -0.05) is 36.4 Å². The number of H-pyrrole nitrogens is 2.